The fourth-order valence-electron chi connectivity index (χ4n) is 2.75. The first kappa shape index (κ1) is 23.7. The van der Waals surface area contributed by atoms with Gasteiger partial charge >= 0.3 is 0 Å². The van der Waals surface area contributed by atoms with Crippen LogP contribution in [0.5, 0.6) is 0 Å². The fourth-order valence-corrected chi connectivity index (χ4v) is 4.10. The molecule has 0 aromatic heterocycles. The van der Waals surface area contributed by atoms with E-state index < -0.39 is 10.0 Å². The fraction of sp³-hybridized carbons (Fsp3) is 0.0870. The zero-order chi connectivity index (χ0) is 23.3. The summed E-state index contributed by atoms with van der Waals surface area (Å²) in [6, 6.07) is 16.8. The second-order valence-electron chi connectivity index (χ2n) is 6.80. The molecule has 0 radical (unpaired) electrons. The van der Waals surface area contributed by atoms with Gasteiger partial charge in [-0.15, -0.1) is 0 Å². The first-order valence-corrected chi connectivity index (χ1v) is 11.6. The molecule has 3 rings (SSSR count). The molecule has 6 nitrogen and oxygen atoms in total. The van der Waals surface area contributed by atoms with Gasteiger partial charge in [0.1, 0.15) is 0 Å². The van der Waals surface area contributed by atoms with E-state index in [1.54, 1.807) is 30.3 Å². The lowest BCUT2D eigenvalue weighted by molar-refractivity contribution is 0.0997. The molecule has 0 spiro atoms. The number of carbonyl (C=O) groups is 2. The number of benzene rings is 3. The van der Waals surface area contributed by atoms with Gasteiger partial charge in [-0.2, -0.15) is 0 Å². The SMILES string of the molecule is CC(=O)c1cccc(NS(=O)(=O)c2ccc(N=CCC(=O)c3ccc(Cl)c(Cl)c3)cc2)c1. The van der Waals surface area contributed by atoms with Crippen molar-refractivity contribution in [1.29, 1.82) is 0 Å². The molecule has 0 saturated carbocycles. The molecule has 0 aliphatic heterocycles. The predicted octanol–water partition coefficient (Wildman–Crippen LogP) is 5.97. The van der Waals surface area contributed by atoms with Crippen LogP contribution >= 0.6 is 23.2 Å². The van der Waals surface area contributed by atoms with Gasteiger partial charge in [-0.25, -0.2) is 8.42 Å². The van der Waals surface area contributed by atoms with Crippen LogP contribution in [0, 0.1) is 0 Å². The number of nitrogens with one attached hydrogen (secondary N) is 1. The van der Waals surface area contributed by atoms with Crippen molar-refractivity contribution in [3.05, 3.63) is 87.9 Å². The third kappa shape index (κ3) is 6.03. The highest BCUT2D eigenvalue weighted by molar-refractivity contribution is 7.92. The van der Waals surface area contributed by atoms with Gasteiger partial charge in [0.25, 0.3) is 10.0 Å². The third-order valence-electron chi connectivity index (χ3n) is 4.43. The maximum atomic E-state index is 12.6. The van der Waals surface area contributed by atoms with E-state index in [2.05, 4.69) is 9.71 Å². The summed E-state index contributed by atoms with van der Waals surface area (Å²) in [6.45, 7) is 1.41. The van der Waals surface area contributed by atoms with E-state index >= 15 is 0 Å². The maximum Gasteiger partial charge on any atom is 0.261 e. The van der Waals surface area contributed by atoms with E-state index in [-0.39, 0.29) is 22.9 Å². The monoisotopic (exact) mass is 488 g/mol. The summed E-state index contributed by atoms with van der Waals surface area (Å²) in [5.41, 5.74) is 1.61. The molecule has 0 fully saturated rings. The lowest BCUT2D eigenvalue weighted by Gasteiger charge is -2.09. The van der Waals surface area contributed by atoms with E-state index in [1.807, 2.05) is 0 Å². The zero-order valence-corrected chi connectivity index (χ0v) is 19.2. The summed E-state index contributed by atoms with van der Waals surface area (Å²) in [6.07, 6.45) is 1.49. The van der Waals surface area contributed by atoms with Crippen molar-refractivity contribution in [3.8, 4) is 0 Å². The van der Waals surface area contributed by atoms with Gasteiger partial charge in [-0.3, -0.25) is 19.3 Å². The summed E-state index contributed by atoms with van der Waals surface area (Å²) in [5.74, 6) is -0.339. The zero-order valence-electron chi connectivity index (χ0n) is 16.9. The van der Waals surface area contributed by atoms with Crippen LogP contribution in [0.25, 0.3) is 0 Å². The largest absolute Gasteiger partial charge is 0.295 e. The van der Waals surface area contributed by atoms with Crippen molar-refractivity contribution in [2.75, 3.05) is 4.72 Å². The van der Waals surface area contributed by atoms with E-state index in [1.165, 1.54) is 49.5 Å². The molecule has 3 aromatic rings. The Labute approximate surface area is 196 Å². The molecule has 0 aliphatic carbocycles. The summed E-state index contributed by atoms with van der Waals surface area (Å²) in [4.78, 5) is 27.9. The summed E-state index contributed by atoms with van der Waals surface area (Å²) >= 11 is 11.8. The number of anilines is 1. The molecule has 164 valence electrons. The van der Waals surface area contributed by atoms with Crippen LogP contribution in [0.1, 0.15) is 34.1 Å². The number of carbonyl (C=O) groups excluding carboxylic acids is 2. The summed E-state index contributed by atoms with van der Waals surface area (Å²) < 4.78 is 27.7. The second kappa shape index (κ2) is 10.1. The van der Waals surface area contributed by atoms with Gasteiger partial charge in [-0.05, 0) is 61.5 Å². The molecule has 32 heavy (non-hydrogen) atoms. The van der Waals surface area contributed by atoms with Crippen LogP contribution in [0.3, 0.4) is 0 Å². The minimum atomic E-state index is -3.84. The Morgan fingerprint density at radius 2 is 1.66 bits per heavy atom. The maximum absolute atomic E-state index is 12.6. The van der Waals surface area contributed by atoms with Crippen molar-refractivity contribution in [3.63, 3.8) is 0 Å². The molecule has 0 atom stereocenters. The highest BCUT2D eigenvalue weighted by atomic mass is 35.5. The summed E-state index contributed by atoms with van der Waals surface area (Å²) in [7, 11) is -3.84. The van der Waals surface area contributed by atoms with Crippen LogP contribution in [-0.4, -0.2) is 26.2 Å². The predicted molar refractivity (Wildman–Crippen MR) is 127 cm³/mol. The van der Waals surface area contributed by atoms with Crippen LogP contribution < -0.4 is 4.72 Å². The molecule has 0 aliphatic rings. The minimum absolute atomic E-state index is 0.0385. The number of rotatable bonds is 8. The number of halogens is 2. The highest BCUT2D eigenvalue weighted by Crippen LogP contribution is 2.23. The Morgan fingerprint density at radius 1 is 0.938 bits per heavy atom. The first-order chi connectivity index (χ1) is 15.2. The lowest BCUT2D eigenvalue weighted by Crippen LogP contribution is -2.13. The molecule has 0 unspecified atom stereocenters. The van der Waals surface area contributed by atoms with Crippen LogP contribution in [0.2, 0.25) is 10.0 Å². The number of nitrogens with zero attached hydrogens (tertiary/aromatic N) is 1. The van der Waals surface area contributed by atoms with Gasteiger partial charge in [0.05, 0.1) is 20.6 Å². The minimum Gasteiger partial charge on any atom is -0.295 e. The van der Waals surface area contributed by atoms with Gasteiger partial charge in [0.15, 0.2) is 11.6 Å². The van der Waals surface area contributed by atoms with E-state index in [0.29, 0.717) is 32.5 Å². The Balaban J connectivity index is 1.66. The van der Waals surface area contributed by atoms with Crippen LogP contribution in [0.4, 0.5) is 11.4 Å². The van der Waals surface area contributed by atoms with Gasteiger partial charge in [-0.1, -0.05) is 35.3 Å². The van der Waals surface area contributed by atoms with Crippen molar-refractivity contribution in [2.24, 2.45) is 4.99 Å². The smallest absolute Gasteiger partial charge is 0.261 e. The van der Waals surface area contributed by atoms with Gasteiger partial charge in [0.2, 0.25) is 0 Å². The number of hydrogen-bond acceptors (Lipinski definition) is 5. The van der Waals surface area contributed by atoms with Crippen molar-refractivity contribution in [2.45, 2.75) is 18.2 Å². The molecule has 9 heteroatoms. The average molecular weight is 489 g/mol. The third-order valence-corrected chi connectivity index (χ3v) is 6.56. The molecule has 0 amide bonds. The lowest BCUT2D eigenvalue weighted by atomic mass is 10.1. The molecular formula is C23H18Cl2N2O4S. The molecule has 0 bridgehead atoms. The molecule has 3 aromatic carbocycles. The van der Waals surface area contributed by atoms with Crippen LogP contribution in [-0.2, 0) is 10.0 Å². The van der Waals surface area contributed by atoms with Gasteiger partial charge < -0.3 is 0 Å². The Hall–Kier alpha value is -3.00. The standard InChI is InChI=1S/C23H18Cl2N2O4S/c1-15(28)16-3-2-4-19(13-16)27-32(30,31)20-8-6-18(7-9-20)26-12-11-23(29)17-5-10-21(24)22(25)14-17/h2-10,12-14,27H,11H2,1H3. The topological polar surface area (TPSA) is 92.7 Å². The number of sulfonamides is 1. The average Bonchev–Trinajstić information content (AvgIpc) is 2.76. The normalized spacial score (nSPS) is 11.5. The first-order valence-electron chi connectivity index (χ1n) is 9.40. The second-order valence-corrected chi connectivity index (χ2v) is 9.30. The Bertz CT molecular complexity index is 1300. The quantitative estimate of drug-likeness (QED) is 0.312. The highest BCUT2D eigenvalue weighted by Gasteiger charge is 2.14. The number of aliphatic imine (C=N–C) groups is 1. The van der Waals surface area contributed by atoms with E-state index in [9.17, 15) is 18.0 Å². The van der Waals surface area contributed by atoms with Crippen molar-refractivity contribution < 1.29 is 18.0 Å². The molecular weight excluding hydrogens is 471 g/mol. The van der Waals surface area contributed by atoms with Crippen molar-refractivity contribution in [1.82, 2.24) is 0 Å². The van der Waals surface area contributed by atoms with E-state index in [0.717, 1.165) is 0 Å². The Kier molecular flexibility index (Phi) is 7.45. The number of Topliss-reactive ketones (excluding diaryl/α,β-unsaturated/α-hetero) is 2. The van der Waals surface area contributed by atoms with Gasteiger partial charge in [0, 0.05) is 29.4 Å². The summed E-state index contributed by atoms with van der Waals surface area (Å²) in [5, 5.41) is 0.667. The number of ketones is 2. The Morgan fingerprint density at radius 3 is 2.31 bits per heavy atom. The molecule has 0 saturated heterocycles. The van der Waals surface area contributed by atoms with Crippen LogP contribution in [0.15, 0.2) is 76.6 Å². The molecule has 1 N–H and O–H groups in total. The number of hydrogen-bond donors (Lipinski definition) is 1. The van der Waals surface area contributed by atoms with E-state index in [4.69, 9.17) is 23.2 Å². The molecule has 0 heterocycles. The van der Waals surface area contributed by atoms with Crippen molar-refractivity contribution >= 4 is 62.4 Å².